The second-order valence-electron chi connectivity index (χ2n) is 11.6. The fraction of sp³-hybridized carbons (Fsp3) is 0.353. The van der Waals surface area contributed by atoms with E-state index in [1.165, 1.54) is 4.90 Å². The van der Waals surface area contributed by atoms with E-state index in [-0.39, 0.29) is 16.7 Å². The molecule has 1 aliphatic rings. The number of hydrogen-bond donors (Lipinski definition) is 1. The largest absolute Gasteiger partial charge is 0.507 e. The molecule has 1 saturated heterocycles. The van der Waals surface area contributed by atoms with Crippen LogP contribution in [0.5, 0.6) is 11.5 Å². The Morgan fingerprint density at radius 1 is 0.925 bits per heavy atom. The van der Waals surface area contributed by atoms with E-state index >= 15 is 0 Å². The van der Waals surface area contributed by atoms with Crippen molar-refractivity contribution in [2.75, 3.05) is 18.1 Å². The molecule has 6 nitrogen and oxygen atoms in total. The summed E-state index contributed by atoms with van der Waals surface area (Å²) in [6.07, 6.45) is 0.793. The van der Waals surface area contributed by atoms with Gasteiger partial charge >= 0.3 is 0 Å². The van der Waals surface area contributed by atoms with Gasteiger partial charge in [-0.1, -0.05) is 77.9 Å². The molecule has 1 unspecified atom stereocenters. The average Bonchev–Trinajstić information content (AvgIpc) is 3.20. The van der Waals surface area contributed by atoms with Crippen LogP contribution in [0.3, 0.4) is 0 Å². The standard InChI is InChI=1S/C34H39NO5/c1-7-20-39-28-11-9-8-10-27(28)35-30(23-12-16-25(17-13-23)34(4,5)6)29(32(37)33(35)38)31(36)24-14-18-26(19-15-24)40-21-22(2)3/h8-19,22,30,36H,7,20-21H2,1-6H3/b31-29-. The molecule has 1 fully saturated rings. The van der Waals surface area contributed by atoms with Crippen LogP contribution in [0, 0.1) is 5.92 Å². The van der Waals surface area contributed by atoms with Crippen LogP contribution >= 0.6 is 0 Å². The van der Waals surface area contributed by atoms with Gasteiger partial charge in [0.2, 0.25) is 0 Å². The van der Waals surface area contributed by atoms with E-state index < -0.39 is 17.7 Å². The summed E-state index contributed by atoms with van der Waals surface area (Å²) in [5, 5.41) is 11.5. The molecule has 3 aromatic carbocycles. The molecular formula is C34H39NO5. The summed E-state index contributed by atoms with van der Waals surface area (Å²) >= 11 is 0. The van der Waals surface area contributed by atoms with Crippen LogP contribution in [0.25, 0.3) is 5.76 Å². The quantitative estimate of drug-likeness (QED) is 0.173. The van der Waals surface area contributed by atoms with Crippen molar-refractivity contribution in [2.45, 2.75) is 59.4 Å². The van der Waals surface area contributed by atoms with Gasteiger partial charge in [0.1, 0.15) is 17.3 Å². The van der Waals surface area contributed by atoms with Crippen LogP contribution < -0.4 is 14.4 Å². The van der Waals surface area contributed by atoms with Gasteiger partial charge in [0.05, 0.1) is 30.5 Å². The maximum Gasteiger partial charge on any atom is 0.300 e. The van der Waals surface area contributed by atoms with E-state index in [0.717, 1.165) is 17.5 Å². The number of ether oxygens (including phenoxy) is 2. The number of amides is 1. The number of anilines is 1. The molecule has 0 saturated carbocycles. The van der Waals surface area contributed by atoms with Crippen molar-refractivity contribution >= 4 is 23.1 Å². The Hall–Kier alpha value is -4.06. The number of ketones is 1. The minimum Gasteiger partial charge on any atom is -0.507 e. The first-order valence-corrected chi connectivity index (χ1v) is 13.9. The molecule has 3 aromatic rings. The highest BCUT2D eigenvalue weighted by molar-refractivity contribution is 6.51. The van der Waals surface area contributed by atoms with E-state index in [1.54, 1.807) is 36.4 Å². The zero-order valence-electron chi connectivity index (χ0n) is 24.2. The number of Topliss-reactive ketones (excluding diaryl/α,β-unsaturated/α-hetero) is 1. The van der Waals surface area contributed by atoms with E-state index in [0.29, 0.717) is 41.9 Å². The molecule has 1 aliphatic heterocycles. The van der Waals surface area contributed by atoms with Gasteiger partial charge in [0.15, 0.2) is 0 Å². The van der Waals surface area contributed by atoms with Gasteiger partial charge in [-0.3, -0.25) is 14.5 Å². The van der Waals surface area contributed by atoms with Gasteiger partial charge in [-0.2, -0.15) is 0 Å². The first-order valence-electron chi connectivity index (χ1n) is 13.9. The number of benzene rings is 3. The Morgan fingerprint density at radius 2 is 1.57 bits per heavy atom. The fourth-order valence-corrected chi connectivity index (χ4v) is 4.68. The molecule has 4 rings (SSSR count). The first-order chi connectivity index (χ1) is 19.0. The van der Waals surface area contributed by atoms with Gasteiger partial charge in [-0.05, 0) is 65.3 Å². The number of aliphatic hydroxyl groups excluding tert-OH is 1. The number of carbonyl (C=O) groups excluding carboxylic acids is 2. The Kier molecular flexibility index (Phi) is 8.67. The molecule has 6 heteroatoms. The van der Waals surface area contributed by atoms with Gasteiger partial charge in [0.25, 0.3) is 11.7 Å². The van der Waals surface area contributed by atoms with Crippen LogP contribution in [-0.4, -0.2) is 30.0 Å². The third-order valence-electron chi connectivity index (χ3n) is 6.83. The monoisotopic (exact) mass is 541 g/mol. The molecule has 0 radical (unpaired) electrons. The van der Waals surface area contributed by atoms with Crippen LogP contribution in [0.4, 0.5) is 5.69 Å². The predicted molar refractivity (Wildman–Crippen MR) is 159 cm³/mol. The zero-order chi connectivity index (χ0) is 29.0. The minimum absolute atomic E-state index is 0.0367. The predicted octanol–water partition coefficient (Wildman–Crippen LogP) is 7.43. The number of nitrogens with zero attached hydrogens (tertiary/aromatic N) is 1. The summed E-state index contributed by atoms with van der Waals surface area (Å²) in [5.74, 6) is -0.133. The van der Waals surface area contributed by atoms with E-state index in [4.69, 9.17) is 9.47 Å². The Morgan fingerprint density at radius 3 is 2.17 bits per heavy atom. The summed E-state index contributed by atoms with van der Waals surface area (Å²) in [4.78, 5) is 28.7. The second-order valence-corrected chi connectivity index (χ2v) is 11.6. The Balaban J connectivity index is 1.85. The van der Waals surface area contributed by atoms with Gasteiger partial charge in [-0.25, -0.2) is 0 Å². The molecule has 0 aromatic heterocycles. The Labute approximate surface area is 237 Å². The number of rotatable bonds is 9. The molecule has 1 atom stereocenters. The summed E-state index contributed by atoms with van der Waals surface area (Å²) in [5.41, 5.74) is 2.73. The lowest BCUT2D eigenvalue weighted by molar-refractivity contribution is -0.132. The SMILES string of the molecule is CCCOc1ccccc1N1C(=O)C(=O)/C(=C(\O)c2ccc(OCC(C)C)cc2)C1c1ccc(C(C)(C)C)cc1. The average molecular weight is 542 g/mol. The molecule has 0 spiro atoms. The number of hydrogen-bond acceptors (Lipinski definition) is 5. The molecule has 210 valence electrons. The maximum absolute atomic E-state index is 13.6. The number of para-hydroxylation sites is 2. The van der Waals surface area contributed by atoms with Crippen LogP contribution in [0.1, 0.15) is 70.7 Å². The fourth-order valence-electron chi connectivity index (χ4n) is 4.68. The highest BCUT2D eigenvalue weighted by atomic mass is 16.5. The third-order valence-corrected chi connectivity index (χ3v) is 6.83. The molecule has 1 amide bonds. The van der Waals surface area contributed by atoms with Crippen molar-refractivity contribution < 1.29 is 24.2 Å². The van der Waals surface area contributed by atoms with Crippen molar-refractivity contribution in [3.8, 4) is 11.5 Å². The van der Waals surface area contributed by atoms with Gasteiger partial charge in [-0.15, -0.1) is 0 Å². The molecule has 1 N–H and O–H groups in total. The van der Waals surface area contributed by atoms with Crippen molar-refractivity contribution in [3.63, 3.8) is 0 Å². The molecular weight excluding hydrogens is 502 g/mol. The third kappa shape index (κ3) is 6.06. The second kappa shape index (κ2) is 12.0. The van der Waals surface area contributed by atoms with Crippen molar-refractivity contribution in [3.05, 3.63) is 95.1 Å². The highest BCUT2D eigenvalue weighted by Crippen LogP contribution is 2.45. The van der Waals surface area contributed by atoms with Crippen LogP contribution in [0.2, 0.25) is 0 Å². The molecule has 1 heterocycles. The molecule has 0 aliphatic carbocycles. The van der Waals surface area contributed by atoms with E-state index in [9.17, 15) is 14.7 Å². The summed E-state index contributed by atoms with van der Waals surface area (Å²) < 4.78 is 11.7. The van der Waals surface area contributed by atoms with E-state index in [2.05, 4.69) is 34.6 Å². The van der Waals surface area contributed by atoms with Crippen molar-refractivity contribution in [1.82, 2.24) is 0 Å². The Bertz CT molecular complexity index is 1380. The normalized spacial score (nSPS) is 17.0. The maximum atomic E-state index is 13.6. The van der Waals surface area contributed by atoms with E-state index in [1.807, 2.05) is 43.3 Å². The molecule has 40 heavy (non-hydrogen) atoms. The smallest absolute Gasteiger partial charge is 0.300 e. The van der Waals surface area contributed by atoms with Gasteiger partial charge < -0.3 is 14.6 Å². The summed E-state index contributed by atoms with van der Waals surface area (Å²) in [6.45, 7) is 13.6. The summed E-state index contributed by atoms with van der Waals surface area (Å²) in [6, 6.07) is 21.2. The van der Waals surface area contributed by atoms with Crippen LogP contribution in [-0.2, 0) is 15.0 Å². The minimum atomic E-state index is -0.836. The number of aliphatic hydroxyl groups is 1. The van der Waals surface area contributed by atoms with Crippen molar-refractivity contribution in [2.24, 2.45) is 5.92 Å². The first kappa shape index (κ1) is 28.9. The lowest BCUT2D eigenvalue weighted by Gasteiger charge is -2.28. The van der Waals surface area contributed by atoms with Crippen molar-refractivity contribution in [1.29, 1.82) is 0 Å². The van der Waals surface area contributed by atoms with Gasteiger partial charge in [0, 0.05) is 5.56 Å². The highest BCUT2D eigenvalue weighted by Gasteiger charge is 2.47. The van der Waals surface area contributed by atoms with Crippen LogP contribution in [0.15, 0.2) is 78.4 Å². The number of carbonyl (C=O) groups is 2. The lowest BCUT2D eigenvalue weighted by Crippen LogP contribution is -2.30. The zero-order valence-corrected chi connectivity index (χ0v) is 24.2. The molecule has 0 bridgehead atoms. The summed E-state index contributed by atoms with van der Waals surface area (Å²) in [7, 11) is 0. The topological polar surface area (TPSA) is 76.1 Å². The lowest BCUT2D eigenvalue weighted by atomic mass is 9.85.